The summed E-state index contributed by atoms with van der Waals surface area (Å²) in [7, 11) is 3.70. The number of nitrogens with one attached hydrogen (secondary N) is 1. The number of ether oxygens (including phenoxy) is 2. The van der Waals surface area contributed by atoms with Gasteiger partial charge in [0.1, 0.15) is 18.0 Å². The molecule has 2 fully saturated rings. The standard InChI is InChI=1S/C23H33N3O5/c1-25(2)13-21(28)24-15-6-7-19-17(10-15)18-11-16(30-20(14-27)23(18)31-19)12-22(29)26-8-4-3-5-9-26/h6-7,10,16,18,20,23,27H,3-5,8-9,11-14H2,1-2H3,(H,24,28)/t16-,18+,20+,23-/m0/s1. The van der Waals surface area contributed by atoms with Crippen molar-refractivity contribution in [3.63, 3.8) is 0 Å². The predicted molar refractivity (Wildman–Crippen MR) is 116 cm³/mol. The molecule has 8 heteroatoms. The molecular formula is C23H33N3O5. The van der Waals surface area contributed by atoms with Crippen molar-refractivity contribution in [3.8, 4) is 5.75 Å². The summed E-state index contributed by atoms with van der Waals surface area (Å²) in [6.07, 6.45) is 3.27. The maximum absolute atomic E-state index is 12.8. The van der Waals surface area contributed by atoms with Gasteiger partial charge in [0, 0.05) is 30.3 Å². The molecule has 0 aromatic heterocycles. The third-order valence-corrected chi connectivity index (χ3v) is 6.35. The van der Waals surface area contributed by atoms with Crippen molar-refractivity contribution in [1.29, 1.82) is 0 Å². The minimum Gasteiger partial charge on any atom is -0.487 e. The number of aliphatic hydroxyl groups is 1. The Hall–Kier alpha value is -2.16. The first kappa shape index (κ1) is 22.0. The lowest BCUT2D eigenvalue weighted by Crippen LogP contribution is -2.48. The number of anilines is 1. The maximum atomic E-state index is 12.8. The number of fused-ring (bicyclic) bond motifs is 3. The van der Waals surface area contributed by atoms with Gasteiger partial charge in [-0.25, -0.2) is 0 Å². The van der Waals surface area contributed by atoms with Gasteiger partial charge in [0.2, 0.25) is 11.8 Å². The second-order valence-corrected chi connectivity index (χ2v) is 9.09. The van der Waals surface area contributed by atoms with Crippen LogP contribution in [-0.4, -0.2) is 85.4 Å². The lowest BCUT2D eigenvalue weighted by Gasteiger charge is -2.38. The molecule has 4 rings (SSSR count). The largest absolute Gasteiger partial charge is 0.487 e. The summed E-state index contributed by atoms with van der Waals surface area (Å²) < 4.78 is 12.2. The highest BCUT2D eigenvalue weighted by Gasteiger charge is 2.46. The average Bonchev–Trinajstić information content (AvgIpc) is 3.11. The fraction of sp³-hybridized carbons (Fsp3) is 0.652. The van der Waals surface area contributed by atoms with Crippen molar-refractivity contribution in [1.82, 2.24) is 9.80 Å². The summed E-state index contributed by atoms with van der Waals surface area (Å²) in [5.74, 6) is 0.825. The molecule has 2 N–H and O–H groups in total. The van der Waals surface area contributed by atoms with E-state index in [9.17, 15) is 14.7 Å². The predicted octanol–water partition coefficient (Wildman–Crippen LogP) is 1.58. The molecule has 0 bridgehead atoms. The monoisotopic (exact) mass is 431 g/mol. The Balaban J connectivity index is 1.47. The number of rotatable bonds is 6. The Morgan fingerprint density at radius 2 is 2.00 bits per heavy atom. The molecule has 3 aliphatic heterocycles. The van der Waals surface area contributed by atoms with Gasteiger partial charge in [-0.1, -0.05) is 0 Å². The third-order valence-electron chi connectivity index (χ3n) is 6.35. The Labute approximate surface area is 183 Å². The van der Waals surface area contributed by atoms with Crippen LogP contribution in [0.25, 0.3) is 0 Å². The first-order valence-corrected chi connectivity index (χ1v) is 11.2. The van der Waals surface area contributed by atoms with Gasteiger partial charge in [0.25, 0.3) is 0 Å². The highest BCUT2D eigenvalue weighted by Crippen LogP contribution is 2.47. The van der Waals surface area contributed by atoms with Gasteiger partial charge >= 0.3 is 0 Å². The number of nitrogens with zero attached hydrogens (tertiary/aromatic N) is 2. The topological polar surface area (TPSA) is 91.3 Å². The van der Waals surface area contributed by atoms with E-state index in [1.165, 1.54) is 6.42 Å². The molecule has 1 aromatic rings. The molecule has 2 amide bonds. The quantitative estimate of drug-likeness (QED) is 0.711. The molecule has 0 spiro atoms. The van der Waals surface area contributed by atoms with E-state index >= 15 is 0 Å². The van der Waals surface area contributed by atoms with Crippen LogP contribution in [0.3, 0.4) is 0 Å². The minimum atomic E-state index is -0.475. The van der Waals surface area contributed by atoms with Crippen LogP contribution in [0.4, 0.5) is 5.69 Å². The van der Waals surface area contributed by atoms with Crippen LogP contribution in [0.2, 0.25) is 0 Å². The van der Waals surface area contributed by atoms with E-state index in [2.05, 4.69) is 5.32 Å². The molecule has 0 saturated carbocycles. The molecule has 3 aliphatic rings. The number of carbonyl (C=O) groups is 2. The van der Waals surface area contributed by atoms with Crippen molar-refractivity contribution in [2.45, 2.75) is 56.3 Å². The zero-order chi connectivity index (χ0) is 22.0. The molecule has 3 heterocycles. The van der Waals surface area contributed by atoms with E-state index in [-0.39, 0.29) is 36.5 Å². The van der Waals surface area contributed by atoms with E-state index in [0.717, 1.165) is 42.9 Å². The van der Waals surface area contributed by atoms with E-state index in [0.29, 0.717) is 19.4 Å². The number of carbonyl (C=O) groups excluding carboxylic acids is 2. The number of aliphatic hydroxyl groups excluding tert-OH is 1. The normalized spacial score (nSPS) is 27.4. The van der Waals surface area contributed by atoms with Gasteiger partial charge in [-0.15, -0.1) is 0 Å². The summed E-state index contributed by atoms with van der Waals surface area (Å²) in [5, 5.41) is 12.8. The first-order valence-electron chi connectivity index (χ1n) is 11.2. The first-order chi connectivity index (χ1) is 14.9. The third kappa shape index (κ3) is 5.02. The number of amides is 2. The second kappa shape index (κ2) is 9.54. The Morgan fingerprint density at radius 1 is 1.23 bits per heavy atom. The number of hydrogen-bond acceptors (Lipinski definition) is 6. The number of hydrogen-bond donors (Lipinski definition) is 2. The van der Waals surface area contributed by atoms with Crippen molar-refractivity contribution < 1.29 is 24.2 Å². The Morgan fingerprint density at radius 3 is 2.71 bits per heavy atom. The Kier molecular flexibility index (Phi) is 6.79. The summed E-state index contributed by atoms with van der Waals surface area (Å²) >= 11 is 0. The van der Waals surface area contributed by atoms with Crippen LogP contribution in [0.15, 0.2) is 18.2 Å². The van der Waals surface area contributed by atoms with Crippen LogP contribution < -0.4 is 10.1 Å². The van der Waals surface area contributed by atoms with Crippen LogP contribution in [0, 0.1) is 0 Å². The Bertz CT molecular complexity index is 808. The van der Waals surface area contributed by atoms with Crippen molar-refractivity contribution in [3.05, 3.63) is 23.8 Å². The highest BCUT2D eigenvalue weighted by atomic mass is 16.6. The lowest BCUT2D eigenvalue weighted by molar-refractivity contribution is -0.149. The molecule has 4 atom stereocenters. The van der Waals surface area contributed by atoms with Crippen LogP contribution in [-0.2, 0) is 14.3 Å². The smallest absolute Gasteiger partial charge is 0.238 e. The molecule has 0 aliphatic carbocycles. The summed E-state index contributed by atoms with van der Waals surface area (Å²) in [6, 6.07) is 5.65. The van der Waals surface area contributed by atoms with E-state index < -0.39 is 6.10 Å². The van der Waals surface area contributed by atoms with Crippen molar-refractivity contribution in [2.24, 2.45) is 0 Å². The molecule has 31 heavy (non-hydrogen) atoms. The van der Waals surface area contributed by atoms with Gasteiger partial charge < -0.3 is 29.7 Å². The molecule has 0 radical (unpaired) electrons. The minimum absolute atomic E-state index is 0.0192. The van der Waals surface area contributed by atoms with Crippen LogP contribution >= 0.6 is 0 Å². The van der Waals surface area contributed by atoms with Crippen molar-refractivity contribution in [2.75, 3.05) is 45.7 Å². The highest BCUT2D eigenvalue weighted by molar-refractivity contribution is 5.92. The maximum Gasteiger partial charge on any atom is 0.238 e. The molecule has 0 unspecified atom stereocenters. The summed E-state index contributed by atoms with van der Waals surface area (Å²) in [4.78, 5) is 28.7. The van der Waals surface area contributed by atoms with Gasteiger partial charge in [-0.3, -0.25) is 9.59 Å². The zero-order valence-corrected chi connectivity index (χ0v) is 18.4. The lowest BCUT2D eigenvalue weighted by atomic mass is 9.84. The summed E-state index contributed by atoms with van der Waals surface area (Å²) in [5.41, 5.74) is 1.73. The molecule has 170 valence electrons. The van der Waals surface area contributed by atoms with Crippen LogP contribution in [0.1, 0.15) is 43.6 Å². The number of benzene rings is 1. The zero-order valence-electron chi connectivity index (χ0n) is 18.4. The molecule has 1 aromatic carbocycles. The number of piperidine rings is 1. The second-order valence-electron chi connectivity index (χ2n) is 9.09. The van der Waals surface area contributed by atoms with Gasteiger partial charge in [-0.05, 0) is 58.0 Å². The number of likely N-dealkylation sites (N-methyl/N-ethyl adjacent to an activating group) is 1. The van der Waals surface area contributed by atoms with Gasteiger partial charge in [-0.2, -0.15) is 0 Å². The summed E-state index contributed by atoms with van der Waals surface area (Å²) in [6.45, 7) is 1.79. The van der Waals surface area contributed by atoms with Crippen LogP contribution in [0.5, 0.6) is 5.75 Å². The van der Waals surface area contributed by atoms with E-state index in [1.807, 2.05) is 42.1 Å². The molecular weight excluding hydrogens is 398 g/mol. The van der Waals surface area contributed by atoms with Gasteiger partial charge in [0.15, 0.2) is 0 Å². The average molecular weight is 432 g/mol. The van der Waals surface area contributed by atoms with Gasteiger partial charge in [0.05, 0.1) is 25.7 Å². The van der Waals surface area contributed by atoms with E-state index in [1.54, 1.807) is 0 Å². The fourth-order valence-corrected chi connectivity index (χ4v) is 4.92. The van der Waals surface area contributed by atoms with E-state index in [4.69, 9.17) is 9.47 Å². The molecule has 8 nitrogen and oxygen atoms in total. The SMILES string of the molecule is CN(C)CC(=O)Nc1ccc2c(c1)[C@H]1C[C@@H](CC(=O)N3CCCCC3)O[C@H](CO)[C@H]1O2. The molecule has 2 saturated heterocycles. The van der Waals surface area contributed by atoms with Crippen molar-refractivity contribution >= 4 is 17.5 Å². The fourth-order valence-electron chi connectivity index (χ4n) is 4.92. The number of likely N-dealkylation sites (tertiary alicyclic amines) is 1.